The Morgan fingerprint density at radius 1 is 1.03 bits per heavy atom. The number of nitrogens with zero attached hydrogens (tertiary/aromatic N) is 1. The van der Waals surface area contributed by atoms with Gasteiger partial charge in [-0.3, -0.25) is 9.59 Å². The Labute approximate surface area is 239 Å². The molecule has 2 amide bonds. The van der Waals surface area contributed by atoms with E-state index in [4.69, 9.17) is 4.74 Å². The Bertz CT molecular complexity index is 1450. The molecule has 3 aromatic carbocycles. The maximum Gasteiger partial charge on any atom is 0.254 e. The molecule has 1 aliphatic rings. The van der Waals surface area contributed by atoms with Gasteiger partial charge >= 0.3 is 0 Å². The molecule has 0 radical (unpaired) electrons. The predicted molar refractivity (Wildman–Crippen MR) is 160 cm³/mol. The molecule has 1 atom stereocenters. The number of hydrogen-bond acceptors (Lipinski definition) is 6. The summed E-state index contributed by atoms with van der Waals surface area (Å²) in [5, 5.41) is 19.8. The van der Waals surface area contributed by atoms with Gasteiger partial charge in [0.1, 0.15) is 5.75 Å². The second-order valence-corrected chi connectivity index (χ2v) is 10.6. The zero-order valence-electron chi connectivity index (χ0n) is 20.7. The quantitative estimate of drug-likeness (QED) is 0.262. The van der Waals surface area contributed by atoms with Gasteiger partial charge in [-0.05, 0) is 71.5 Å². The first-order chi connectivity index (χ1) is 18.4. The van der Waals surface area contributed by atoms with Crippen molar-refractivity contribution >= 4 is 57.5 Å². The minimum absolute atomic E-state index is 0.0943. The number of hydrogen-bond donors (Lipinski definition) is 3. The summed E-state index contributed by atoms with van der Waals surface area (Å²) in [7, 11) is 1.54. The third kappa shape index (κ3) is 6.38. The van der Waals surface area contributed by atoms with Gasteiger partial charge in [0.05, 0.1) is 41.1 Å². The molecule has 0 unspecified atom stereocenters. The van der Waals surface area contributed by atoms with Crippen LogP contribution in [0.4, 0.5) is 11.4 Å². The van der Waals surface area contributed by atoms with E-state index < -0.39 is 5.92 Å². The number of thioether (sulfide) groups is 1. The molecule has 3 N–H and O–H groups in total. The highest BCUT2D eigenvalue weighted by molar-refractivity contribution is 14.1. The molecule has 0 spiro atoms. The largest absolute Gasteiger partial charge is 0.495 e. The smallest absolute Gasteiger partial charge is 0.254 e. The van der Waals surface area contributed by atoms with Crippen LogP contribution in [0.15, 0.2) is 101 Å². The molecule has 0 aromatic heterocycles. The standard InChI is InChI=1S/C29H25IN4O3S/c1-18-26(28(36)34-23-10-6-7-11-24(23)37-2)27(19-8-4-3-5-9-19)22(16-31)29(32-18)38-17-25(35)33-21-14-12-20(30)13-15-21/h3-15,27,32H,17H2,1-2H3,(H,33,35)(H,34,36)/t27-/m0/s1. The molecule has 3 aromatic rings. The number of anilines is 2. The van der Waals surface area contributed by atoms with E-state index in [-0.39, 0.29) is 17.6 Å². The maximum absolute atomic E-state index is 13.6. The third-order valence-corrected chi connectivity index (χ3v) is 7.59. The van der Waals surface area contributed by atoms with E-state index in [9.17, 15) is 14.9 Å². The van der Waals surface area contributed by atoms with Gasteiger partial charge < -0.3 is 20.7 Å². The monoisotopic (exact) mass is 636 g/mol. The number of nitriles is 1. The van der Waals surface area contributed by atoms with Crippen molar-refractivity contribution < 1.29 is 14.3 Å². The van der Waals surface area contributed by atoms with Gasteiger partial charge in [0, 0.05) is 20.5 Å². The molecule has 0 fully saturated rings. The molecule has 192 valence electrons. The third-order valence-electron chi connectivity index (χ3n) is 5.86. The van der Waals surface area contributed by atoms with E-state index in [1.165, 1.54) is 11.8 Å². The number of carbonyl (C=O) groups excluding carboxylic acids is 2. The SMILES string of the molecule is COc1ccccc1NC(=O)C1=C(C)NC(SCC(=O)Nc2ccc(I)cc2)=C(C#N)[C@@H]1c1ccccc1. The van der Waals surface area contributed by atoms with Gasteiger partial charge in [0.15, 0.2) is 0 Å². The van der Waals surface area contributed by atoms with Crippen LogP contribution in [0.3, 0.4) is 0 Å². The normalized spacial score (nSPS) is 14.8. The van der Waals surface area contributed by atoms with Crippen LogP contribution in [0.5, 0.6) is 5.75 Å². The Hall–Kier alpha value is -3.75. The molecule has 0 saturated heterocycles. The fraction of sp³-hybridized carbons (Fsp3) is 0.138. The highest BCUT2D eigenvalue weighted by Crippen LogP contribution is 2.41. The maximum atomic E-state index is 13.6. The Kier molecular flexibility index (Phi) is 9.10. The van der Waals surface area contributed by atoms with Crippen LogP contribution >= 0.6 is 34.4 Å². The fourth-order valence-electron chi connectivity index (χ4n) is 4.11. The number of methoxy groups -OCH3 is 1. The van der Waals surface area contributed by atoms with Crippen LogP contribution in [-0.4, -0.2) is 24.7 Å². The summed E-state index contributed by atoms with van der Waals surface area (Å²) in [5.41, 5.74) is 3.44. The van der Waals surface area contributed by atoms with Gasteiger partial charge in [-0.1, -0.05) is 54.2 Å². The van der Waals surface area contributed by atoms with Gasteiger partial charge in [0.25, 0.3) is 5.91 Å². The number of carbonyl (C=O) groups is 2. The van der Waals surface area contributed by atoms with Crippen LogP contribution in [0.2, 0.25) is 0 Å². The van der Waals surface area contributed by atoms with Crippen LogP contribution in [0, 0.1) is 14.9 Å². The first-order valence-electron chi connectivity index (χ1n) is 11.7. The number of halogens is 1. The highest BCUT2D eigenvalue weighted by atomic mass is 127. The second kappa shape index (κ2) is 12.7. The molecule has 1 aliphatic heterocycles. The van der Waals surface area contributed by atoms with Gasteiger partial charge in [-0.15, -0.1) is 0 Å². The van der Waals surface area contributed by atoms with Crippen molar-refractivity contribution in [3.63, 3.8) is 0 Å². The van der Waals surface area contributed by atoms with Crippen molar-refractivity contribution in [2.45, 2.75) is 12.8 Å². The summed E-state index contributed by atoms with van der Waals surface area (Å²) < 4.78 is 6.46. The van der Waals surface area contributed by atoms with E-state index in [0.29, 0.717) is 39.0 Å². The number of para-hydroxylation sites is 2. The molecule has 0 aliphatic carbocycles. The lowest BCUT2D eigenvalue weighted by atomic mass is 9.82. The summed E-state index contributed by atoms with van der Waals surface area (Å²) in [5.74, 6) is -0.525. The van der Waals surface area contributed by atoms with Crippen molar-refractivity contribution in [1.82, 2.24) is 5.32 Å². The lowest BCUT2D eigenvalue weighted by Gasteiger charge is -2.30. The van der Waals surface area contributed by atoms with E-state index in [1.54, 1.807) is 26.2 Å². The molecule has 7 nitrogen and oxygen atoms in total. The lowest BCUT2D eigenvalue weighted by Crippen LogP contribution is -2.31. The summed E-state index contributed by atoms with van der Waals surface area (Å²) in [4.78, 5) is 26.3. The number of rotatable bonds is 8. The van der Waals surface area contributed by atoms with Crippen molar-refractivity contribution in [1.29, 1.82) is 5.26 Å². The summed E-state index contributed by atoms with van der Waals surface area (Å²) >= 11 is 3.44. The molecule has 0 bridgehead atoms. The first kappa shape index (κ1) is 27.3. The average Bonchev–Trinajstić information content (AvgIpc) is 2.93. The minimum Gasteiger partial charge on any atom is -0.495 e. The Morgan fingerprint density at radius 2 is 1.71 bits per heavy atom. The van der Waals surface area contributed by atoms with Crippen molar-refractivity contribution in [3.8, 4) is 11.8 Å². The predicted octanol–water partition coefficient (Wildman–Crippen LogP) is 6.01. The van der Waals surface area contributed by atoms with E-state index in [2.05, 4.69) is 44.6 Å². The highest BCUT2D eigenvalue weighted by Gasteiger charge is 2.35. The lowest BCUT2D eigenvalue weighted by molar-refractivity contribution is -0.114. The summed E-state index contributed by atoms with van der Waals surface area (Å²) in [6.07, 6.45) is 0. The van der Waals surface area contributed by atoms with Crippen molar-refractivity contribution in [2.75, 3.05) is 23.5 Å². The fourth-order valence-corrected chi connectivity index (χ4v) is 5.36. The van der Waals surface area contributed by atoms with Crippen LogP contribution in [-0.2, 0) is 9.59 Å². The molecular weight excluding hydrogens is 611 g/mol. The van der Waals surface area contributed by atoms with E-state index >= 15 is 0 Å². The summed E-state index contributed by atoms with van der Waals surface area (Å²) in [6, 6.07) is 26.4. The second-order valence-electron chi connectivity index (χ2n) is 8.36. The number of nitrogens with one attached hydrogen (secondary N) is 3. The molecular formula is C29H25IN4O3S. The van der Waals surface area contributed by atoms with Gasteiger partial charge in [0.2, 0.25) is 5.91 Å². The van der Waals surface area contributed by atoms with Crippen LogP contribution < -0.4 is 20.7 Å². The zero-order chi connectivity index (χ0) is 27.1. The van der Waals surface area contributed by atoms with Crippen LogP contribution in [0.1, 0.15) is 18.4 Å². The van der Waals surface area contributed by atoms with Gasteiger partial charge in [-0.2, -0.15) is 5.26 Å². The van der Waals surface area contributed by atoms with Gasteiger partial charge in [-0.25, -0.2) is 0 Å². The Balaban J connectivity index is 1.61. The minimum atomic E-state index is -0.612. The number of dihydropyridines is 1. The molecule has 38 heavy (non-hydrogen) atoms. The number of amides is 2. The number of allylic oxidation sites excluding steroid dienone is 2. The molecule has 4 rings (SSSR count). The average molecular weight is 637 g/mol. The summed E-state index contributed by atoms with van der Waals surface area (Å²) in [6.45, 7) is 1.80. The molecule has 1 heterocycles. The number of benzene rings is 3. The number of ether oxygens (including phenoxy) is 1. The van der Waals surface area contributed by atoms with Crippen LogP contribution in [0.25, 0.3) is 0 Å². The Morgan fingerprint density at radius 3 is 2.39 bits per heavy atom. The van der Waals surface area contributed by atoms with E-state index in [0.717, 1.165) is 9.13 Å². The van der Waals surface area contributed by atoms with Crippen molar-refractivity contribution in [3.05, 3.63) is 110 Å². The zero-order valence-corrected chi connectivity index (χ0v) is 23.7. The molecule has 9 heteroatoms. The first-order valence-corrected chi connectivity index (χ1v) is 13.8. The topological polar surface area (TPSA) is 103 Å². The van der Waals surface area contributed by atoms with Crippen molar-refractivity contribution in [2.24, 2.45) is 0 Å². The van der Waals surface area contributed by atoms with E-state index in [1.807, 2.05) is 66.7 Å². The molecule has 0 saturated carbocycles.